The number of hydrogen-bond donors (Lipinski definition) is 1. The van der Waals surface area contributed by atoms with Gasteiger partial charge in [0.05, 0.1) is 18.1 Å². The maximum absolute atomic E-state index is 12.3. The number of sulfone groups is 1. The van der Waals surface area contributed by atoms with Crippen molar-refractivity contribution in [1.82, 2.24) is 24.8 Å². The van der Waals surface area contributed by atoms with Gasteiger partial charge in [-0.15, -0.1) is 0 Å². The van der Waals surface area contributed by atoms with E-state index in [0.29, 0.717) is 6.54 Å². The molecule has 2 aliphatic heterocycles. The Morgan fingerprint density at radius 1 is 1.04 bits per heavy atom. The number of pyridine rings is 1. The highest BCUT2D eigenvalue weighted by Crippen LogP contribution is 2.28. The van der Waals surface area contributed by atoms with Crippen molar-refractivity contribution < 1.29 is 8.42 Å². The van der Waals surface area contributed by atoms with Crippen LogP contribution in [0.15, 0.2) is 36.9 Å². The number of imidazole rings is 1. The van der Waals surface area contributed by atoms with Gasteiger partial charge in [0.1, 0.15) is 5.82 Å². The smallest absolute Gasteiger partial charge is 0.153 e. The van der Waals surface area contributed by atoms with E-state index in [1.165, 1.54) is 5.56 Å². The number of aromatic nitrogens is 3. The summed E-state index contributed by atoms with van der Waals surface area (Å²) in [5.74, 6) is 1.38. The van der Waals surface area contributed by atoms with Crippen LogP contribution in [0.5, 0.6) is 0 Å². The molecule has 0 radical (unpaired) electrons. The molecule has 0 amide bonds. The summed E-state index contributed by atoms with van der Waals surface area (Å²) < 4.78 is 24.5. The lowest BCUT2D eigenvalue weighted by Gasteiger charge is -2.43. The summed E-state index contributed by atoms with van der Waals surface area (Å²) in [6, 6.07) is 4.07. The summed E-state index contributed by atoms with van der Waals surface area (Å²) >= 11 is 0. The summed E-state index contributed by atoms with van der Waals surface area (Å²) in [6.45, 7) is 3.16. The second kappa shape index (κ2) is 6.27. The summed E-state index contributed by atoms with van der Waals surface area (Å²) in [6.07, 6.45) is 7.10. The fraction of sp³-hybridized carbons (Fsp3) is 0.500. The number of aromatic amines is 1. The molecule has 0 unspecified atom stereocenters. The molecule has 1 N–H and O–H groups in total. The van der Waals surface area contributed by atoms with Crippen LogP contribution in [0.1, 0.15) is 11.4 Å². The Morgan fingerprint density at radius 2 is 1.71 bits per heavy atom. The predicted octanol–water partition coefficient (Wildman–Crippen LogP) is 0.288. The van der Waals surface area contributed by atoms with Gasteiger partial charge in [-0.2, -0.15) is 0 Å². The molecule has 4 heterocycles. The largest absolute Gasteiger partial charge is 0.348 e. The minimum atomic E-state index is -2.99. The number of nitrogens with zero attached hydrogens (tertiary/aromatic N) is 4. The molecule has 0 aromatic carbocycles. The fourth-order valence-electron chi connectivity index (χ4n) is 3.79. The summed E-state index contributed by atoms with van der Waals surface area (Å²) in [4.78, 5) is 16.0. The van der Waals surface area contributed by atoms with Gasteiger partial charge in [0, 0.05) is 56.5 Å². The average Bonchev–Trinajstić information content (AvgIpc) is 3.17. The number of piperazine rings is 1. The standard InChI is InChI=1S/C16H21N5O2S/c22-24(23)11-14-15(12-24)21(10-16-18-5-6-19-16)8-7-20(14)9-13-1-3-17-4-2-13/h1-6,14-15H,7-12H2,(H,18,19)/t14-,15+/m1/s1. The fourth-order valence-corrected chi connectivity index (χ4v) is 5.83. The van der Waals surface area contributed by atoms with Crippen LogP contribution in [0, 0.1) is 0 Å². The molecule has 0 aliphatic carbocycles. The summed E-state index contributed by atoms with van der Waals surface area (Å²) in [5, 5.41) is 0. The van der Waals surface area contributed by atoms with Gasteiger partial charge in [0.2, 0.25) is 0 Å². The number of rotatable bonds is 4. The van der Waals surface area contributed by atoms with Gasteiger partial charge in [0.25, 0.3) is 0 Å². The molecule has 24 heavy (non-hydrogen) atoms. The topological polar surface area (TPSA) is 82.2 Å². The maximum Gasteiger partial charge on any atom is 0.153 e. The first kappa shape index (κ1) is 15.7. The van der Waals surface area contributed by atoms with Crippen LogP contribution in [0.4, 0.5) is 0 Å². The minimum Gasteiger partial charge on any atom is -0.348 e. The van der Waals surface area contributed by atoms with E-state index in [1.54, 1.807) is 24.8 Å². The van der Waals surface area contributed by atoms with Crippen molar-refractivity contribution in [3.63, 3.8) is 0 Å². The average molecular weight is 347 g/mol. The zero-order valence-corrected chi connectivity index (χ0v) is 14.2. The maximum atomic E-state index is 12.3. The number of nitrogens with one attached hydrogen (secondary N) is 1. The molecule has 0 spiro atoms. The SMILES string of the molecule is O=S1(=O)C[C@@H]2[C@H](C1)N(Cc1ncc[nH]1)CCN2Cc1ccncc1. The van der Waals surface area contributed by atoms with Crippen molar-refractivity contribution in [3.8, 4) is 0 Å². The van der Waals surface area contributed by atoms with Gasteiger partial charge in [-0.3, -0.25) is 14.8 Å². The second-order valence-corrected chi connectivity index (χ2v) is 8.70. The Labute approximate surface area is 141 Å². The monoisotopic (exact) mass is 347 g/mol. The lowest BCUT2D eigenvalue weighted by molar-refractivity contribution is 0.0341. The van der Waals surface area contributed by atoms with E-state index in [0.717, 1.165) is 25.5 Å². The third kappa shape index (κ3) is 3.22. The highest BCUT2D eigenvalue weighted by atomic mass is 32.2. The first-order valence-electron chi connectivity index (χ1n) is 8.16. The van der Waals surface area contributed by atoms with E-state index in [9.17, 15) is 8.42 Å². The molecule has 0 bridgehead atoms. The quantitative estimate of drug-likeness (QED) is 0.856. The molecular formula is C16H21N5O2S. The normalized spacial score (nSPS) is 27.2. The third-order valence-electron chi connectivity index (χ3n) is 4.95. The van der Waals surface area contributed by atoms with E-state index in [-0.39, 0.29) is 23.6 Å². The Balaban J connectivity index is 1.53. The molecule has 2 atom stereocenters. The van der Waals surface area contributed by atoms with Crippen LogP contribution in [0.2, 0.25) is 0 Å². The number of hydrogen-bond acceptors (Lipinski definition) is 6. The predicted molar refractivity (Wildman–Crippen MR) is 89.9 cm³/mol. The van der Waals surface area contributed by atoms with Crippen LogP contribution in [-0.4, -0.2) is 69.8 Å². The van der Waals surface area contributed by atoms with E-state index in [1.807, 2.05) is 12.1 Å². The Bertz CT molecular complexity index is 778. The van der Waals surface area contributed by atoms with Gasteiger partial charge in [-0.05, 0) is 17.7 Å². The molecule has 2 saturated heterocycles. The highest BCUT2D eigenvalue weighted by Gasteiger charge is 2.46. The zero-order chi connectivity index (χ0) is 16.6. The van der Waals surface area contributed by atoms with Crippen molar-refractivity contribution in [2.24, 2.45) is 0 Å². The van der Waals surface area contributed by atoms with Gasteiger partial charge in [-0.25, -0.2) is 13.4 Å². The minimum absolute atomic E-state index is 0.0377. The molecule has 2 aliphatic rings. The summed E-state index contributed by atoms with van der Waals surface area (Å²) in [7, 11) is -2.99. The highest BCUT2D eigenvalue weighted by molar-refractivity contribution is 7.91. The number of H-pyrrole nitrogens is 1. The van der Waals surface area contributed by atoms with Gasteiger partial charge >= 0.3 is 0 Å². The molecule has 4 rings (SSSR count). The molecule has 2 aromatic rings. The molecular weight excluding hydrogens is 326 g/mol. The van der Waals surface area contributed by atoms with Gasteiger partial charge < -0.3 is 4.98 Å². The van der Waals surface area contributed by atoms with Gasteiger partial charge in [-0.1, -0.05) is 0 Å². The first-order valence-corrected chi connectivity index (χ1v) is 9.98. The lowest BCUT2D eigenvalue weighted by Crippen LogP contribution is -2.58. The van der Waals surface area contributed by atoms with Crippen molar-refractivity contribution in [3.05, 3.63) is 48.3 Å². The third-order valence-corrected chi connectivity index (χ3v) is 6.65. The van der Waals surface area contributed by atoms with Crippen LogP contribution in [0.3, 0.4) is 0 Å². The van der Waals surface area contributed by atoms with Crippen molar-refractivity contribution in [1.29, 1.82) is 0 Å². The van der Waals surface area contributed by atoms with E-state index < -0.39 is 9.84 Å². The van der Waals surface area contributed by atoms with Crippen molar-refractivity contribution >= 4 is 9.84 Å². The van der Waals surface area contributed by atoms with Crippen molar-refractivity contribution in [2.45, 2.75) is 25.2 Å². The molecule has 8 heteroatoms. The molecule has 7 nitrogen and oxygen atoms in total. The molecule has 2 fully saturated rings. The van der Waals surface area contributed by atoms with E-state index >= 15 is 0 Å². The van der Waals surface area contributed by atoms with Crippen LogP contribution in [0.25, 0.3) is 0 Å². The van der Waals surface area contributed by atoms with Gasteiger partial charge in [0.15, 0.2) is 9.84 Å². The number of fused-ring (bicyclic) bond motifs is 1. The molecule has 128 valence electrons. The van der Waals surface area contributed by atoms with E-state index in [2.05, 4.69) is 24.8 Å². The lowest BCUT2D eigenvalue weighted by atomic mass is 10.0. The van der Waals surface area contributed by atoms with E-state index in [4.69, 9.17) is 0 Å². The molecule has 0 saturated carbocycles. The van der Waals surface area contributed by atoms with Crippen LogP contribution in [-0.2, 0) is 22.9 Å². The Morgan fingerprint density at radius 3 is 2.33 bits per heavy atom. The zero-order valence-electron chi connectivity index (χ0n) is 13.4. The second-order valence-electron chi connectivity index (χ2n) is 6.54. The van der Waals surface area contributed by atoms with Crippen LogP contribution < -0.4 is 0 Å². The van der Waals surface area contributed by atoms with Crippen LogP contribution >= 0.6 is 0 Å². The Hall–Kier alpha value is -1.77. The summed E-state index contributed by atoms with van der Waals surface area (Å²) in [5.41, 5.74) is 1.17. The Kier molecular flexibility index (Phi) is 4.11. The first-order chi connectivity index (χ1) is 11.6. The van der Waals surface area contributed by atoms with Crippen molar-refractivity contribution in [2.75, 3.05) is 24.6 Å². The molecule has 2 aromatic heterocycles.